The van der Waals surface area contributed by atoms with E-state index in [2.05, 4.69) is 28.4 Å². The number of nitrogens with zero attached hydrogens (tertiary/aromatic N) is 1. The quantitative estimate of drug-likeness (QED) is 0.900. The maximum Gasteiger partial charge on any atom is 0.221 e. The van der Waals surface area contributed by atoms with E-state index in [0.29, 0.717) is 13.0 Å². The molecule has 1 N–H and O–H groups in total. The van der Waals surface area contributed by atoms with Crippen molar-refractivity contribution in [3.8, 4) is 0 Å². The molecule has 0 saturated carbocycles. The fraction of sp³-hybridized carbons (Fsp3) is 0.588. The van der Waals surface area contributed by atoms with E-state index in [1.54, 1.807) is 0 Å². The summed E-state index contributed by atoms with van der Waals surface area (Å²) >= 11 is 0. The summed E-state index contributed by atoms with van der Waals surface area (Å²) in [5.41, 5.74) is 2.57. The zero-order valence-electron chi connectivity index (χ0n) is 12.5. The molecule has 0 spiro atoms. The van der Waals surface area contributed by atoms with Crippen LogP contribution >= 0.6 is 0 Å². The minimum atomic E-state index is 0.00527. The predicted octanol–water partition coefficient (Wildman–Crippen LogP) is 1.90. The summed E-state index contributed by atoms with van der Waals surface area (Å²) in [7, 11) is 0. The summed E-state index contributed by atoms with van der Waals surface area (Å²) in [6.45, 7) is 4.49. The first kappa shape index (κ1) is 14.5. The van der Waals surface area contributed by atoms with Crippen LogP contribution in [0.4, 0.5) is 0 Å². The first-order chi connectivity index (χ1) is 10.3. The second-order valence-corrected chi connectivity index (χ2v) is 5.91. The Morgan fingerprint density at radius 1 is 1.29 bits per heavy atom. The van der Waals surface area contributed by atoms with E-state index in [1.807, 2.05) is 6.07 Å². The third kappa shape index (κ3) is 3.83. The molecule has 2 aliphatic rings. The van der Waals surface area contributed by atoms with Gasteiger partial charge in [0.1, 0.15) is 6.10 Å². The van der Waals surface area contributed by atoms with Crippen LogP contribution < -0.4 is 5.32 Å². The van der Waals surface area contributed by atoms with E-state index in [4.69, 9.17) is 4.74 Å². The highest BCUT2D eigenvalue weighted by Crippen LogP contribution is 2.26. The Bertz CT molecular complexity index is 483. The lowest BCUT2D eigenvalue weighted by molar-refractivity contribution is -0.122. The summed E-state index contributed by atoms with van der Waals surface area (Å²) in [5.74, 6) is 0.133. The number of fused-ring (bicyclic) bond motifs is 1. The van der Waals surface area contributed by atoms with E-state index in [0.717, 1.165) is 32.7 Å². The van der Waals surface area contributed by atoms with Gasteiger partial charge in [0, 0.05) is 19.5 Å². The number of rotatable bonds is 5. The molecule has 0 bridgehead atoms. The lowest BCUT2D eigenvalue weighted by Crippen LogP contribution is -2.34. The zero-order valence-corrected chi connectivity index (χ0v) is 12.5. The summed E-state index contributed by atoms with van der Waals surface area (Å²) < 4.78 is 5.81. The molecule has 1 saturated heterocycles. The third-order valence-electron chi connectivity index (χ3n) is 4.43. The minimum absolute atomic E-state index is 0.00527. The first-order valence-corrected chi connectivity index (χ1v) is 8.01. The first-order valence-electron chi connectivity index (χ1n) is 8.01. The van der Waals surface area contributed by atoms with Crippen LogP contribution in [0, 0.1) is 0 Å². The lowest BCUT2D eigenvalue weighted by Gasteiger charge is -2.26. The van der Waals surface area contributed by atoms with Crippen molar-refractivity contribution in [3.05, 3.63) is 35.4 Å². The minimum Gasteiger partial charge on any atom is -0.371 e. The van der Waals surface area contributed by atoms with Gasteiger partial charge in [0.05, 0.1) is 6.61 Å². The van der Waals surface area contributed by atoms with Gasteiger partial charge in [-0.15, -0.1) is 0 Å². The molecule has 0 radical (unpaired) electrons. The number of carbonyl (C=O) groups excluding carboxylic acids is 1. The second-order valence-electron chi connectivity index (χ2n) is 5.91. The average Bonchev–Trinajstić information content (AvgIpc) is 3.04. The van der Waals surface area contributed by atoms with Crippen molar-refractivity contribution >= 4 is 5.91 Å². The van der Waals surface area contributed by atoms with Gasteiger partial charge >= 0.3 is 0 Å². The highest BCUT2D eigenvalue weighted by molar-refractivity contribution is 5.76. The molecule has 4 heteroatoms. The Balaban J connectivity index is 1.45. The summed E-state index contributed by atoms with van der Waals surface area (Å²) in [6, 6.07) is 8.36. The maximum atomic E-state index is 12.0. The van der Waals surface area contributed by atoms with E-state index >= 15 is 0 Å². The van der Waals surface area contributed by atoms with Crippen LogP contribution in [0.3, 0.4) is 0 Å². The van der Waals surface area contributed by atoms with Crippen LogP contribution in [0.25, 0.3) is 0 Å². The Morgan fingerprint density at radius 3 is 2.95 bits per heavy atom. The highest BCUT2D eigenvalue weighted by atomic mass is 16.5. The molecule has 2 heterocycles. The SMILES string of the molecule is O=C(CCN1CCCC1)NC[C@H]1OCCc2ccccc21. The van der Waals surface area contributed by atoms with Crippen molar-refractivity contribution in [1.82, 2.24) is 10.2 Å². The molecular weight excluding hydrogens is 264 g/mol. The van der Waals surface area contributed by atoms with E-state index in [1.165, 1.54) is 24.0 Å². The van der Waals surface area contributed by atoms with Gasteiger partial charge in [0.2, 0.25) is 5.91 Å². The molecule has 3 rings (SSSR count). The summed E-state index contributed by atoms with van der Waals surface area (Å²) in [5, 5.41) is 3.03. The molecule has 0 aliphatic carbocycles. The summed E-state index contributed by atoms with van der Waals surface area (Å²) in [4.78, 5) is 14.3. The summed E-state index contributed by atoms with van der Waals surface area (Å²) in [6.07, 6.45) is 4.11. The molecule has 1 aromatic rings. The average molecular weight is 288 g/mol. The van der Waals surface area contributed by atoms with Crippen molar-refractivity contribution in [2.75, 3.05) is 32.8 Å². The van der Waals surface area contributed by atoms with E-state index in [-0.39, 0.29) is 12.0 Å². The predicted molar refractivity (Wildman–Crippen MR) is 82.1 cm³/mol. The molecule has 1 fully saturated rings. The number of nitrogens with one attached hydrogen (secondary N) is 1. The van der Waals surface area contributed by atoms with Crippen molar-refractivity contribution in [2.45, 2.75) is 31.8 Å². The van der Waals surface area contributed by atoms with Gasteiger partial charge in [-0.05, 0) is 43.5 Å². The van der Waals surface area contributed by atoms with Crippen molar-refractivity contribution in [2.24, 2.45) is 0 Å². The van der Waals surface area contributed by atoms with Crippen molar-refractivity contribution < 1.29 is 9.53 Å². The number of likely N-dealkylation sites (tertiary alicyclic amines) is 1. The number of hydrogen-bond acceptors (Lipinski definition) is 3. The topological polar surface area (TPSA) is 41.6 Å². The van der Waals surface area contributed by atoms with Crippen LogP contribution in [-0.2, 0) is 16.0 Å². The molecule has 1 atom stereocenters. The molecule has 0 aromatic heterocycles. The smallest absolute Gasteiger partial charge is 0.221 e. The molecule has 1 aromatic carbocycles. The van der Waals surface area contributed by atoms with Crippen LogP contribution in [0.15, 0.2) is 24.3 Å². The van der Waals surface area contributed by atoms with Gasteiger partial charge in [-0.25, -0.2) is 0 Å². The molecule has 0 unspecified atom stereocenters. The number of ether oxygens (including phenoxy) is 1. The maximum absolute atomic E-state index is 12.0. The van der Waals surface area contributed by atoms with Crippen LogP contribution in [-0.4, -0.2) is 43.6 Å². The van der Waals surface area contributed by atoms with Gasteiger partial charge < -0.3 is 15.0 Å². The fourth-order valence-corrected chi connectivity index (χ4v) is 3.21. The Hall–Kier alpha value is -1.39. The molecule has 2 aliphatic heterocycles. The highest BCUT2D eigenvalue weighted by Gasteiger charge is 2.21. The van der Waals surface area contributed by atoms with Crippen LogP contribution in [0.2, 0.25) is 0 Å². The fourth-order valence-electron chi connectivity index (χ4n) is 3.21. The van der Waals surface area contributed by atoms with Crippen LogP contribution in [0.5, 0.6) is 0 Å². The molecule has 114 valence electrons. The normalized spacial score (nSPS) is 22.0. The monoisotopic (exact) mass is 288 g/mol. The van der Waals surface area contributed by atoms with Gasteiger partial charge in [0.15, 0.2) is 0 Å². The molecular formula is C17H24N2O2. The molecule has 4 nitrogen and oxygen atoms in total. The molecule has 21 heavy (non-hydrogen) atoms. The number of benzene rings is 1. The standard InChI is InChI=1S/C17H24N2O2/c20-17(7-11-19-9-3-4-10-19)18-13-16-15-6-2-1-5-14(15)8-12-21-16/h1-2,5-6,16H,3-4,7-13H2,(H,18,20)/t16-/m1/s1. The third-order valence-corrected chi connectivity index (χ3v) is 4.43. The van der Waals surface area contributed by atoms with E-state index < -0.39 is 0 Å². The Labute approximate surface area is 126 Å². The Kier molecular flexibility index (Phi) is 4.88. The largest absolute Gasteiger partial charge is 0.371 e. The van der Waals surface area contributed by atoms with E-state index in [9.17, 15) is 4.79 Å². The lowest BCUT2D eigenvalue weighted by atomic mass is 9.97. The van der Waals surface area contributed by atoms with Crippen LogP contribution in [0.1, 0.15) is 36.5 Å². The number of carbonyl (C=O) groups is 1. The number of hydrogen-bond donors (Lipinski definition) is 1. The van der Waals surface area contributed by atoms with Gasteiger partial charge in [-0.1, -0.05) is 24.3 Å². The number of amides is 1. The Morgan fingerprint density at radius 2 is 2.10 bits per heavy atom. The molecule has 1 amide bonds. The second kappa shape index (κ2) is 7.05. The van der Waals surface area contributed by atoms with Crippen molar-refractivity contribution in [1.29, 1.82) is 0 Å². The van der Waals surface area contributed by atoms with Gasteiger partial charge in [0.25, 0.3) is 0 Å². The van der Waals surface area contributed by atoms with Gasteiger partial charge in [-0.3, -0.25) is 4.79 Å². The zero-order chi connectivity index (χ0) is 14.5. The van der Waals surface area contributed by atoms with Crippen molar-refractivity contribution in [3.63, 3.8) is 0 Å². The van der Waals surface area contributed by atoms with Gasteiger partial charge in [-0.2, -0.15) is 0 Å².